The Kier molecular flexibility index (Phi) is 51.2. The number of fused-ring (bicyclic) bond motifs is 2. The van der Waals surface area contributed by atoms with Crippen molar-refractivity contribution in [3.8, 4) is 40.9 Å². The Labute approximate surface area is 883 Å². The number of carbonyl (C=O) groups is 4. The number of hydrogen-bond donors (Lipinski definition) is 9. The molecule has 12 N–H and O–H groups in total. The van der Waals surface area contributed by atoms with E-state index in [-0.39, 0.29) is 224 Å². The van der Waals surface area contributed by atoms with Crippen LogP contribution < -0.4 is 31.8 Å². The molecular weight excluding hydrogens is 2370 g/mol. The Bertz CT molecular complexity index is 5080. The van der Waals surface area contributed by atoms with Gasteiger partial charge in [0.05, 0.1) is 94.0 Å². The summed E-state index contributed by atoms with van der Waals surface area (Å²) in [5.41, 5.74) is 22.7. The van der Waals surface area contributed by atoms with Gasteiger partial charge in [-0.05, 0) is 225 Å². The second-order valence-electron chi connectivity index (χ2n) is 32.8. The number of carbonyl (C=O) groups excluding carboxylic acids is 4. The van der Waals surface area contributed by atoms with E-state index in [1.54, 1.807) is 73.1 Å². The number of rotatable bonds is 15. The molecule has 2 amide bonds. The van der Waals surface area contributed by atoms with Gasteiger partial charge in [0, 0.05) is 186 Å². The van der Waals surface area contributed by atoms with Crippen molar-refractivity contribution in [3.05, 3.63) is 177 Å². The molecule has 47 heteroatoms. The van der Waals surface area contributed by atoms with Crippen molar-refractivity contribution in [3.63, 3.8) is 0 Å². The molecule has 686 valence electrons. The number of halogens is 3. The van der Waals surface area contributed by atoms with E-state index in [0.717, 1.165) is 74.0 Å². The summed E-state index contributed by atoms with van der Waals surface area (Å²) in [6.45, 7) is 35.5. The zero-order valence-electron chi connectivity index (χ0n) is 75.0. The third-order valence-electron chi connectivity index (χ3n) is 21.9. The van der Waals surface area contributed by atoms with Gasteiger partial charge in [-0.1, -0.05) is 116 Å². The molecule has 7 aliphatic heterocycles. The van der Waals surface area contributed by atoms with Crippen molar-refractivity contribution in [1.82, 2.24) is 19.6 Å². The number of aryl methyl sites for hydroxylation is 5. The van der Waals surface area contributed by atoms with Crippen LogP contribution in [0.1, 0.15) is 194 Å². The number of nitrogen functional groups attached to an aromatic ring is 1. The van der Waals surface area contributed by atoms with Crippen LogP contribution in [-0.2, 0) is 156 Å². The summed E-state index contributed by atoms with van der Waals surface area (Å²) in [5.74, 6) is 5.47. The molecule has 4 radical (unpaired) electrons. The van der Waals surface area contributed by atoms with Gasteiger partial charge in [-0.15, -0.1) is 17.9 Å². The van der Waals surface area contributed by atoms with Gasteiger partial charge in [0.25, 0.3) is 11.8 Å². The molecule has 9 heterocycles. The summed E-state index contributed by atoms with van der Waals surface area (Å²) in [5, 5.41) is 77.4. The van der Waals surface area contributed by atoms with Crippen molar-refractivity contribution < 1.29 is 209 Å². The number of benzene rings is 5. The Morgan fingerprint density at radius 3 is 1.40 bits per heavy atom. The maximum Gasteiger partial charge on any atom is 0.552 e. The number of phenols is 3. The van der Waals surface area contributed by atoms with Crippen molar-refractivity contribution >= 4 is 193 Å². The van der Waals surface area contributed by atoms with E-state index in [2.05, 4.69) is 149 Å². The monoisotopic (exact) mass is 2480 g/mol. The van der Waals surface area contributed by atoms with Crippen molar-refractivity contribution in [2.24, 2.45) is 23.3 Å². The summed E-state index contributed by atoms with van der Waals surface area (Å²) in [6.07, 6.45) is 11.6. The molecular formula is C82H110B5Br3IrN10O19P6Y3. The van der Waals surface area contributed by atoms with Gasteiger partial charge in [-0.3, -0.25) is 28.5 Å². The van der Waals surface area contributed by atoms with E-state index in [9.17, 15) is 44.7 Å². The number of amides is 2. The molecule has 7 aromatic rings. The number of aromatic hydroxyl groups is 3. The number of anilines is 3. The van der Waals surface area contributed by atoms with Crippen LogP contribution >= 0.6 is 97.5 Å². The first kappa shape index (κ1) is 121. The summed E-state index contributed by atoms with van der Waals surface area (Å²) < 4.78 is 63.0. The fourth-order valence-electron chi connectivity index (χ4n) is 12.9. The van der Waals surface area contributed by atoms with Crippen LogP contribution in [0.5, 0.6) is 28.7 Å². The molecule has 14 rings (SSSR count). The van der Waals surface area contributed by atoms with Gasteiger partial charge < -0.3 is 94.6 Å². The molecule has 10 atom stereocenters. The third-order valence-corrected chi connectivity index (χ3v) is 39.8. The first-order chi connectivity index (χ1) is 58.6. The molecule has 5 saturated heterocycles. The number of phenolic OH excluding ortho intramolecular Hbond substituents is 3. The zero-order valence-corrected chi connectivity index (χ0v) is 97.0. The third kappa shape index (κ3) is 34.2. The van der Waals surface area contributed by atoms with Gasteiger partial charge in [0.15, 0.2) is 24.2 Å². The van der Waals surface area contributed by atoms with Crippen molar-refractivity contribution in [2.75, 3.05) is 37.5 Å². The maximum absolute atomic E-state index is 12.0. The average molecular weight is 2480 g/mol. The predicted octanol–water partition coefficient (Wildman–Crippen LogP) is 17.0. The van der Waals surface area contributed by atoms with Crippen molar-refractivity contribution in [1.29, 1.82) is 10.5 Å². The zero-order chi connectivity index (χ0) is 93.0. The van der Waals surface area contributed by atoms with Crippen LogP contribution in [0.25, 0.3) is 18.2 Å². The molecule has 129 heavy (non-hydrogen) atoms. The van der Waals surface area contributed by atoms with Crippen LogP contribution in [0.4, 0.5) is 17.3 Å². The summed E-state index contributed by atoms with van der Waals surface area (Å²) in [7, 11) is 7.48. The number of aldehydes is 2. The Balaban J connectivity index is 0.000000391. The minimum atomic E-state index is -0.969. The molecule has 0 spiro atoms. The SMILES string of the molecule is CC1(C)OB(CB2OC(C)(C)C(C)(C)O2)OC1(C)C.Cc1cc(Br)cc(/C=C/B2OC(C)(C)C(C)(C)O2)c1O.Cc1cc(Br)cc(C=O)c1O.Cc1cc(Br)cc2c1OB(O)C=C2.Cc1cc(Nc2nn(C3COCC[C@@H]3C#N)cc2C(N)=O)cc2c1OB(O)C=C2.Cc1cccc(C=O)c1O.N#C[C@H]1CCOC[C@@H]1n1cc(C(N)=O)c(N)n1.PPPPPP.[Ir].[Y].[Y].[Y]. The normalized spacial score (nSPS) is 19.3. The largest absolute Gasteiger partial charge is 0.552 e. The second kappa shape index (κ2) is 54.8. The summed E-state index contributed by atoms with van der Waals surface area (Å²) in [4.78, 5) is 43.6. The number of nitrogens with two attached hydrogens (primary N) is 3. The number of ether oxygens (including phenoxy) is 2. The number of aromatic nitrogens is 4. The molecule has 5 aromatic carbocycles. The quantitative estimate of drug-likeness (QED) is 0.0199. The molecule has 29 nitrogen and oxygen atoms in total. The molecule has 7 unspecified atom stereocenters. The van der Waals surface area contributed by atoms with Gasteiger partial charge in [-0.25, -0.2) is 0 Å². The topological polar surface area (TPSA) is 435 Å². The van der Waals surface area contributed by atoms with Gasteiger partial charge in [0.2, 0.25) is 0 Å². The predicted molar refractivity (Wildman–Crippen MR) is 521 cm³/mol. The van der Waals surface area contributed by atoms with Crippen LogP contribution in [0.2, 0.25) is 6.22 Å². The molecule has 5 fully saturated rings. The molecule has 0 bridgehead atoms. The number of nitriles is 2. The second-order valence-corrected chi connectivity index (χ2v) is 49.5. The van der Waals surface area contributed by atoms with Crippen LogP contribution in [-0.4, -0.2) is 165 Å². The van der Waals surface area contributed by atoms with Crippen LogP contribution in [0.3, 0.4) is 0 Å². The van der Waals surface area contributed by atoms with Gasteiger partial charge >= 0.3 is 35.6 Å². The van der Waals surface area contributed by atoms with E-state index >= 15 is 0 Å². The van der Waals surface area contributed by atoms with Gasteiger partial charge in [0.1, 0.15) is 39.9 Å². The first-order valence-corrected chi connectivity index (χ1v) is 52.7. The van der Waals surface area contributed by atoms with Gasteiger partial charge in [-0.2, -0.15) is 20.7 Å². The van der Waals surface area contributed by atoms with E-state index in [4.69, 9.17) is 74.3 Å². The van der Waals surface area contributed by atoms with E-state index in [1.807, 2.05) is 103 Å². The molecule has 0 saturated carbocycles. The van der Waals surface area contributed by atoms with Crippen LogP contribution in [0, 0.1) is 69.1 Å². The Morgan fingerprint density at radius 1 is 0.574 bits per heavy atom. The van der Waals surface area contributed by atoms with E-state index in [0.29, 0.717) is 92.0 Å². The van der Waals surface area contributed by atoms with E-state index in [1.165, 1.54) is 26.8 Å². The Morgan fingerprint density at radius 2 is 0.969 bits per heavy atom. The number of hydrogen-bond acceptors (Lipinski definition) is 25. The fraction of sp³-hybridized carbons (Fsp3) is 0.415. The fourth-order valence-corrected chi connectivity index (χ4v) is 32.1. The number of primary amides is 2. The number of nitrogens with zero attached hydrogens (tertiary/aromatic N) is 6. The summed E-state index contributed by atoms with van der Waals surface area (Å²) in [6, 6.07) is 23.7. The first-order valence-electron chi connectivity index (χ1n) is 39.7. The minimum Gasteiger partial charge on any atom is -0.532 e. The minimum absolute atomic E-state index is 0. The van der Waals surface area contributed by atoms with Crippen molar-refractivity contribution in [2.45, 2.75) is 182 Å². The number of para-hydroxylation sites is 1. The Hall–Kier alpha value is -2.49. The smallest absolute Gasteiger partial charge is 0.532 e. The summed E-state index contributed by atoms with van der Waals surface area (Å²) >= 11 is 10.1. The molecule has 2 aromatic heterocycles. The number of nitrogens with one attached hydrogen (secondary N) is 1. The molecule has 7 aliphatic rings. The average Bonchev–Trinajstić information content (AvgIpc) is 1.24. The molecule has 0 aliphatic carbocycles. The van der Waals surface area contributed by atoms with E-state index < -0.39 is 33.2 Å². The maximum atomic E-state index is 12.0. The standard InChI is InChI=1S/C19H20BN5O4.C15H20BBrO3.C13H26B2O4.C10H13N5O2.C9H8BBrO2.C8H7BrO2.C8H8O2.Ir.H8P6.3Y/c1-11-6-14(7-12-2-4-20(27)29-17(11)12)23-19-15(18(22)26)9-25(24-19)16-10-28-5-3-13(16)8-21;1-10-8-12(17)9-11(13(10)18)6-7-16-19-14(2,3)15(4,5)20-16;1-10(2)11(3,4)17-14(16-10)9-15-18-12(5,6)13(7,8)19-15;11-3-6-1-2-17-5-8(6)15-4-7(10(13)16)9(12)14-15;1-6-4-8(11)5-7-2-3-10(12)13-9(6)7;1-5-2-7(9)3-6(4-10)8(5)11;1-6-3-2-4-7(5-9)8(6)10;;1-3-5-6-4-2;;;/h2,4,6-7,9,13,16,27H,3,5,10H2,1H3,(H2,22,26)(H,23,24);6-9,18H,1-5H3;9H2,1-8H3;4,6,8H,1-2,5H2,(H2,12,14)(H2,13,16);2-5,12H,1H3;2-4,11H,1H3;2-5,10H,1H3;;3-6H,1-2H2;;;/b;7-6+;;;;;;;;;;/t13-,16?;;;6-,8+;;;;;;;;/m1..1......../s1. The van der Waals surface area contributed by atoms with Crippen LogP contribution in [0.15, 0.2) is 110 Å².